The lowest BCUT2D eigenvalue weighted by Crippen LogP contribution is -1.76. The molecule has 1 rings (SSSR count). The first kappa shape index (κ1) is 7.99. The lowest BCUT2D eigenvalue weighted by Gasteiger charge is -1.98. The molecule has 1 aromatic rings. The fraction of sp³-hybridized carbons (Fsp3) is 0. The molecule has 0 aromatic heterocycles. The molecule has 0 heterocycles. The average molecular weight is 197 g/mol. The lowest BCUT2D eigenvalue weighted by molar-refractivity contribution is 0.619. The zero-order chi connectivity index (χ0) is 7.56. The van der Waals surface area contributed by atoms with E-state index >= 15 is 0 Å². The van der Waals surface area contributed by atoms with E-state index in [1.165, 1.54) is 0 Å². The molecule has 0 saturated heterocycles. The van der Waals surface area contributed by atoms with Gasteiger partial charge in [-0.05, 0) is 12.1 Å². The van der Waals surface area contributed by atoms with Crippen molar-refractivity contribution in [3.8, 4) is 5.75 Å². The molecule has 10 heavy (non-hydrogen) atoms. The molecular formula is C6H3Cl3O. The van der Waals surface area contributed by atoms with Gasteiger partial charge in [0.2, 0.25) is 0 Å². The summed E-state index contributed by atoms with van der Waals surface area (Å²) in [5, 5.41) is 0.763. The monoisotopic (exact) mass is 196 g/mol. The van der Waals surface area contributed by atoms with E-state index < -0.39 is 0 Å². The zero-order valence-corrected chi connectivity index (χ0v) is 7.04. The van der Waals surface area contributed by atoms with Crippen LogP contribution in [0.1, 0.15) is 0 Å². The van der Waals surface area contributed by atoms with E-state index in [0.717, 1.165) is 0 Å². The van der Waals surface area contributed by atoms with E-state index in [4.69, 9.17) is 35.1 Å². The molecule has 4 heteroatoms. The van der Waals surface area contributed by atoms with E-state index in [0.29, 0.717) is 15.8 Å². The molecule has 0 atom stereocenters. The summed E-state index contributed by atoms with van der Waals surface area (Å²) >= 11 is 16.3. The minimum absolute atomic E-state index is 0.333. The molecule has 0 N–H and O–H groups in total. The van der Waals surface area contributed by atoms with Gasteiger partial charge in [0.05, 0.1) is 5.02 Å². The fourth-order valence-electron chi connectivity index (χ4n) is 0.544. The Balaban J connectivity index is 3.14. The summed E-state index contributed by atoms with van der Waals surface area (Å²) in [6, 6.07) is 4.98. The first-order valence-electron chi connectivity index (χ1n) is 2.48. The van der Waals surface area contributed by atoms with Gasteiger partial charge in [-0.2, -0.15) is 0 Å². The Kier molecular flexibility index (Phi) is 2.66. The highest BCUT2D eigenvalue weighted by molar-refractivity contribution is 6.43. The molecule has 1 aromatic carbocycles. The predicted molar refractivity (Wildman–Crippen MR) is 42.9 cm³/mol. The number of halogens is 3. The van der Waals surface area contributed by atoms with Gasteiger partial charge in [0.25, 0.3) is 0 Å². The quantitative estimate of drug-likeness (QED) is 0.669. The molecule has 0 spiro atoms. The first-order chi connectivity index (χ1) is 4.75. The normalized spacial score (nSPS) is 9.50. The third kappa shape index (κ3) is 1.48. The van der Waals surface area contributed by atoms with Crippen LogP contribution in [0.2, 0.25) is 10.0 Å². The smallest absolute Gasteiger partial charge is 0.166 e. The number of rotatable bonds is 1. The van der Waals surface area contributed by atoms with Crippen LogP contribution in [0.15, 0.2) is 18.2 Å². The highest BCUT2D eigenvalue weighted by Crippen LogP contribution is 2.31. The van der Waals surface area contributed by atoms with Gasteiger partial charge in [-0.3, -0.25) is 0 Å². The van der Waals surface area contributed by atoms with E-state index in [1.54, 1.807) is 18.2 Å². The van der Waals surface area contributed by atoms with E-state index in [1.807, 2.05) is 0 Å². The predicted octanol–water partition coefficient (Wildman–Crippen LogP) is 3.53. The van der Waals surface area contributed by atoms with Crippen LogP contribution < -0.4 is 4.29 Å². The highest BCUT2D eigenvalue weighted by atomic mass is 35.5. The molecular weight excluding hydrogens is 194 g/mol. The third-order valence-corrected chi connectivity index (χ3v) is 1.97. The summed E-state index contributed by atoms with van der Waals surface area (Å²) < 4.78 is 4.38. The van der Waals surface area contributed by atoms with E-state index in [-0.39, 0.29) is 0 Å². The van der Waals surface area contributed by atoms with Gasteiger partial charge < -0.3 is 4.29 Å². The Hall–Kier alpha value is -0.110. The molecule has 0 aliphatic carbocycles. The zero-order valence-electron chi connectivity index (χ0n) is 4.77. The van der Waals surface area contributed by atoms with Gasteiger partial charge in [-0.1, -0.05) is 29.3 Å². The molecule has 0 aliphatic rings. The Bertz CT molecular complexity index is 236. The molecule has 54 valence electrons. The van der Waals surface area contributed by atoms with Crippen molar-refractivity contribution in [3.63, 3.8) is 0 Å². The maximum atomic E-state index is 5.65. The number of hydrogen-bond donors (Lipinski definition) is 0. The fourth-order valence-corrected chi connectivity index (χ4v) is 1.04. The first-order valence-corrected chi connectivity index (χ1v) is 3.54. The molecule has 0 radical (unpaired) electrons. The third-order valence-electron chi connectivity index (χ3n) is 0.999. The SMILES string of the molecule is ClOc1cccc(Cl)c1Cl. The maximum Gasteiger partial charge on any atom is 0.166 e. The second kappa shape index (κ2) is 3.33. The largest absolute Gasteiger partial charge is 0.384 e. The molecule has 0 unspecified atom stereocenters. The lowest BCUT2D eigenvalue weighted by atomic mass is 10.3. The van der Waals surface area contributed by atoms with Gasteiger partial charge >= 0.3 is 0 Å². The molecule has 0 amide bonds. The summed E-state index contributed by atoms with van der Waals surface area (Å²) in [5.74, 6) is 0.371. The maximum absolute atomic E-state index is 5.65. The Morgan fingerprint density at radius 2 is 1.90 bits per heavy atom. The molecule has 0 aliphatic heterocycles. The van der Waals surface area contributed by atoms with Crippen molar-refractivity contribution in [2.75, 3.05) is 0 Å². The number of benzene rings is 1. The molecule has 0 bridgehead atoms. The van der Waals surface area contributed by atoms with E-state index in [2.05, 4.69) is 4.29 Å². The molecule has 1 nitrogen and oxygen atoms in total. The highest BCUT2D eigenvalue weighted by Gasteiger charge is 2.03. The topological polar surface area (TPSA) is 9.23 Å². The van der Waals surface area contributed by atoms with Crippen LogP contribution in [0.25, 0.3) is 0 Å². The Morgan fingerprint density at radius 3 is 2.40 bits per heavy atom. The number of hydrogen-bond acceptors (Lipinski definition) is 1. The average Bonchev–Trinajstić information content (AvgIpc) is 1.95. The summed E-state index contributed by atoms with van der Waals surface area (Å²) in [5.41, 5.74) is 0. The minimum atomic E-state index is 0.333. The van der Waals surface area contributed by atoms with Gasteiger partial charge in [-0.25, -0.2) is 0 Å². The van der Waals surface area contributed by atoms with E-state index in [9.17, 15) is 0 Å². The summed E-state index contributed by atoms with van der Waals surface area (Å²) in [7, 11) is 0. The molecule has 0 fully saturated rings. The van der Waals surface area contributed by atoms with Crippen LogP contribution in [0, 0.1) is 0 Å². The Labute approximate surface area is 73.6 Å². The van der Waals surface area contributed by atoms with Crippen molar-refractivity contribution in [1.82, 2.24) is 0 Å². The minimum Gasteiger partial charge on any atom is -0.384 e. The van der Waals surface area contributed by atoms with Crippen molar-refractivity contribution >= 4 is 35.1 Å². The van der Waals surface area contributed by atoms with Crippen LogP contribution in [0.5, 0.6) is 5.75 Å². The second-order valence-electron chi connectivity index (χ2n) is 1.63. The van der Waals surface area contributed by atoms with Gasteiger partial charge in [0.15, 0.2) is 5.75 Å². The summed E-state index contributed by atoms with van der Waals surface area (Å²) in [4.78, 5) is 0. The summed E-state index contributed by atoms with van der Waals surface area (Å²) in [6.07, 6.45) is 0. The standard InChI is InChI=1S/C6H3Cl3O/c7-4-2-1-3-5(10-9)6(4)8/h1-3H. The van der Waals surface area contributed by atoms with Crippen LogP contribution in [-0.4, -0.2) is 0 Å². The second-order valence-corrected chi connectivity index (χ2v) is 2.57. The van der Waals surface area contributed by atoms with Gasteiger partial charge in [0.1, 0.15) is 16.9 Å². The van der Waals surface area contributed by atoms with Crippen molar-refractivity contribution in [1.29, 1.82) is 0 Å². The van der Waals surface area contributed by atoms with Crippen LogP contribution in [0.3, 0.4) is 0 Å². The summed E-state index contributed by atoms with van der Waals surface area (Å²) in [6.45, 7) is 0. The van der Waals surface area contributed by atoms with Crippen molar-refractivity contribution in [2.24, 2.45) is 0 Å². The van der Waals surface area contributed by atoms with Crippen LogP contribution >= 0.6 is 35.1 Å². The van der Waals surface area contributed by atoms with Crippen LogP contribution in [0.4, 0.5) is 0 Å². The van der Waals surface area contributed by atoms with Crippen molar-refractivity contribution < 1.29 is 4.29 Å². The molecule has 0 saturated carbocycles. The van der Waals surface area contributed by atoms with Crippen molar-refractivity contribution in [3.05, 3.63) is 28.2 Å². The van der Waals surface area contributed by atoms with Crippen molar-refractivity contribution in [2.45, 2.75) is 0 Å². The van der Waals surface area contributed by atoms with Crippen LogP contribution in [-0.2, 0) is 0 Å². The van der Waals surface area contributed by atoms with Gasteiger partial charge in [-0.15, -0.1) is 0 Å². The van der Waals surface area contributed by atoms with Gasteiger partial charge in [0, 0.05) is 0 Å². The Morgan fingerprint density at radius 1 is 1.20 bits per heavy atom.